The molecule has 7 nitrogen and oxygen atoms in total. The van der Waals surface area contributed by atoms with Gasteiger partial charge in [-0.1, -0.05) is 35.3 Å². The zero-order valence-corrected chi connectivity index (χ0v) is 17.0. The lowest BCUT2D eigenvalue weighted by Gasteiger charge is -2.12. The van der Waals surface area contributed by atoms with Gasteiger partial charge in [0.2, 0.25) is 0 Å². The van der Waals surface area contributed by atoms with Gasteiger partial charge >= 0.3 is 0 Å². The average molecular weight is 442 g/mol. The van der Waals surface area contributed by atoms with Crippen LogP contribution < -0.4 is 5.01 Å². The highest BCUT2D eigenvalue weighted by Crippen LogP contribution is 2.32. The molecule has 1 aliphatic rings. The van der Waals surface area contributed by atoms with E-state index in [1.165, 1.54) is 17.1 Å². The second-order valence-electron chi connectivity index (χ2n) is 6.47. The predicted octanol–water partition coefficient (Wildman–Crippen LogP) is 5.97. The summed E-state index contributed by atoms with van der Waals surface area (Å²) in [5.41, 5.74) is 1.90. The number of amides is 1. The van der Waals surface area contributed by atoms with Gasteiger partial charge in [-0.3, -0.25) is 14.9 Å². The number of hydrogen-bond acceptors (Lipinski definition) is 5. The lowest BCUT2D eigenvalue weighted by molar-refractivity contribution is -0.384. The molecule has 0 saturated heterocycles. The van der Waals surface area contributed by atoms with Crippen molar-refractivity contribution >= 4 is 52.3 Å². The Bertz CT molecular complexity index is 1250. The Balaban J connectivity index is 1.62. The lowest BCUT2D eigenvalue weighted by Crippen LogP contribution is -2.21. The number of furan rings is 1. The monoisotopic (exact) mass is 441 g/mol. The molecule has 3 aromatic rings. The van der Waals surface area contributed by atoms with Gasteiger partial charge in [-0.05, 0) is 43.3 Å². The zero-order valence-electron chi connectivity index (χ0n) is 15.5. The van der Waals surface area contributed by atoms with E-state index in [1.807, 2.05) is 0 Å². The van der Waals surface area contributed by atoms with Crippen LogP contribution in [0.1, 0.15) is 12.7 Å². The number of nitro groups is 1. The molecule has 0 unspecified atom stereocenters. The van der Waals surface area contributed by atoms with Crippen LogP contribution in [-0.2, 0) is 4.79 Å². The predicted molar refractivity (Wildman–Crippen MR) is 116 cm³/mol. The number of halogens is 2. The summed E-state index contributed by atoms with van der Waals surface area (Å²) < 4.78 is 5.78. The number of nitrogens with zero attached hydrogens (tertiary/aromatic N) is 3. The Morgan fingerprint density at radius 1 is 1.10 bits per heavy atom. The molecule has 1 amide bonds. The second kappa shape index (κ2) is 7.78. The van der Waals surface area contributed by atoms with Gasteiger partial charge < -0.3 is 4.42 Å². The fourth-order valence-electron chi connectivity index (χ4n) is 2.98. The Morgan fingerprint density at radius 2 is 1.90 bits per heavy atom. The highest BCUT2D eigenvalue weighted by molar-refractivity contribution is 6.42. The molecule has 0 fully saturated rings. The number of rotatable bonds is 4. The largest absolute Gasteiger partial charge is 0.457 e. The van der Waals surface area contributed by atoms with Crippen molar-refractivity contribution in [3.63, 3.8) is 0 Å². The van der Waals surface area contributed by atoms with Gasteiger partial charge in [-0.25, -0.2) is 0 Å². The van der Waals surface area contributed by atoms with Gasteiger partial charge in [0, 0.05) is 17.7 Å². The molecule has 0 bridgehead atoms. The van der Waals surface area contributed by atoms with Gasteiger partial charge in [-0.2, -0.15) is 10.1 Å². The summed E-state index contributed by atoms with van der Waals surface area (Å²) in [6.07, 6.45) is 1.58. The van der Waals surface area contributed by atoms with Crippen LogP contribution in [0.3, 0.4) is 0 Å². The summed E-state index contributed by atoms with van der Waals surface area (Å²) in [7, 11) is 0. The van der Waals surface area contributed by atoms with E-state index >= 15 is 0 Å². The zero-order chi connectivity index (χ0) is 21.4. The van der Waals surface area contributed by atoms with E-state index in [4.69, 9.17) is 27.6 Å². The van der Waals surface area contributed by atoms with Crippen LogP contribution in [0.2, 0.25) is 10.0 Å². The first kappa shape index (κ1) is 19.9. The van der Waals surface area contributed by atoms with Crippen molar-refractivity contribution in [1.29, 1.82) is 0 Å². The molecule has 0 aliphatic carbocycles. The van der Waals surface area contributed by atoms with Crippen molar-refractivity contribution in [3.05, 3.63) is 86.1 Å². The molecule has 150 valence electrons. The van der Waals surface area contributed by atoms with Crippen LogP contribution in [0.25, 0.3) is 17.4 Å². The van der Waals surface area contributed by atoms with E-state index in [1.54, 1.807) is 55.5 Å². The van der Waals surface area contributed by atoms with Gasteiger partial charge in [0.05, 0.1) is 31.9 Å². The summed E-state index contributed by atoms with van der Waals surface area (Å²) in [5.74, 6) is 0.538. The first-order valence-corrected chi connectivity index (χ1v) is 9.50. The molecular formula is C21H13Cl2N3O4. The standard InChI is InChI=1S/C21H13Cl2N3O4/c1-12-17(21(27)25(24-12)14-5-7-18(22)19(23)10-14)11-16-6-8-20(30-16)13-3-2-4-15(9-13)26(28)29/h2-11H,1H3. The number of benzene rings is 2. The third-order valence-electron chi connectivity index (χ3n) is 4.47. The van der Waals surface area contributed by atoms with Crippen molar-refractivity contribution in [2.24, 2.45) is 5.10 Å². The first-order valence-electron chi connectivity index (χ1n) is 8.75. The fourth-order valence-corrected chi connectivity index (χ4v) is 3.27. The Kier molecular flexibility index (Phi) is 5.15. The minimum Gasteiger partial charge on any atom is -0.457 e. The number of anilines is 1. The Morgan fingerprint density at radius 3 is 2.63 bits per heavy atom. The van der Waals surface area contributed by atoms with Crippen LogP contribution in [0, 0.1) is 10.1 Å². The van der Waals surface area contributed by atoms with Crippen LogP contribution in [0.15, 0.2) is 69.7 Å². The molecule has 0 atom stereocenters. The summed E-state index contributed by atoms with van der Waals surface area (Å²) >= 11 is 12.0. The van der Waals surface area contributed by atoms with Crippen LogP contribution in [0.4, 0.5) is 11.4 Å². The fraction of sp³-hybridized carbons (Fsp3) is 0.0476. The molecule has 0 radical (unpaired) electrons. The summed E-state index contributed by atoms with van der Waals surface area (Å²) in [6, 6.07) is 14.3. The number of non-ortho nitro benzene ring substituents is 1. The Labute approximate surface area is 181 Å². The van der Waals surface area contributed by atoms with Crippen molar-refractivity contribution in [2.75, 3.05) is 5.01 Å². The van der Waals surface area contributed by atoms with Crippen LogP contribution >= 0.6 is 23.2 Å². The van der Waals surface area contributed by atoms with Gasteiger partial charge in [-0.15, -0.1) is 0 Å². The summed E-state index contributed by atoms with van der Waals surface area (Å²) in [5, 5.41) is 17.2. The van der Waals surface area contributed by atoms with E-state index < -0.39 is 4.92 Å². The van der Waals surface area contributed by atoms with E-state index in [-0.39, 0.29) is 11.6 Å². The normalized spacial score (nSPS) is 15.0. The summed E-state index contributed by atoms with van der Waals surface area (Å²) in [6.45, 7) is 1.71. The number of hydrazone groups is 1. The maximum atomic E-state index is 12.9. The van der Waals surface area contributed by atoms with Crippen LogP contribution in [-0.4, -0.2) is 16.5 Å². The van der Waals surface area contributed by atoms with Crippen molar-refractivity contribution in [2.45, 2.75) is 6.92 Å². The molecule has 9 heteroatoms. The van der Waals surface area contributed by atoms with Gasteiger partial charge in [0.15, 0.2) is 0 Å². The average Bonchev–Trinajstić information content (AvgIpc) is 3.30. The molecule has 0 N–H and O–H groups in total. The maximum Gasteiger partial charge on any atom is 0.280 e. The molecular weight excluding hydrogens is 429 g/mol. The van der Waals surface area contributed by atoms with Crippen molar-refractivity contribution < 1.29 is 14.1 Å². The number of carbonyl (C=O) groups is 1. The van der Waals surface area contributed by atoms with E-state index in [2.05, 4.69) is 5.10 Å². The minimum absolute atomic E-state index is 0.0324. The highest BCUT2D eigenvalue weighted by Gasteiger charge is 2.29. The molecule has 1 aliphatic heterocycles. The second-order valence-corrected chi connectivity index (χ2v) is 7.28. The molecule has 1 aromatic heterocycles. The molecule has 4 rings (SSSR count). The molecule has 2 aromatic carbocycles. The Hall–Kier alpha value is -3.42. The topological polar surface area (TPSA) is 89.0 Å². The lowest BCUT2D eigenvalue weighted by atomic mass is 10.1. The molecule has 2 heterocycles. The molecule has 30 heavy (non-hydrogen) atoms. The minimum atomic E-state index is -0.468. The number of carbonyl (C=O) groups excluding carboxylic acids is 1. The van der Waals surface area contributed by atoms with E-state index in [9.17, 15) is 14.9 Å². The van der Waals surface area contributed by atoms with Gasteiger partial charge in [0.1, 0.15) is 11.5 Å². The van der Waals surface area contributed by atoms with E-state index in [0.29, 0.717) is 44.1 Å². The quantitative estimate of drug-likeness (QED) is 0.283. The highest BCUT2D eigenvalue weighted by atomic mass is 35.5. The number of hydrogen-bond donors (Lipinski definition) is 0. The maximum absolute atomic E-state index is 12.9. The summed E-state index contributed by atoms with van der Waals surface area (Å²) in [4.78, 5) is 23.4. The van der Waals surface area contributed by atoms with Crippen LogP contribution in [0.5, 0.6) is 0 Å². The first-order chi connectivity index (χ1) is 14.3. The third-order valence-corrected chi connectivity index (χ3v) is 5.20. The van der Waals surface area contributed by atoms with Crippen molar-refractivity contribution in [1.82, 2.24) is 0 Å². The molecule has 0 saturated carbocycles. The molecule has 0 spiro atoms. The smallest absolute Gasteiger partial charge is 0.280 e. The SMILES string of the molecule is CC1=NN(c2ccc(Cl)c(Cl)c2)C(=O)C1=Cc1ccc(-c2cccc([N+](=O)[O-])c2)o1. The third kappa shape index (κ3) is 3.72. The number of nitro benzene ring substituents is 1. The van der Waals surface area contributed by atoms with E-state index in [0.717, 1.165) is 0 Å². The van der Waals surface area contributed by atoms with Gasteiger partial charge in [0.25, 0.3) is 11.6 Å². The van der Waals surface area contributed by atoms with Crippen molar-refractivity contribution in [3.8, 4) is 11.3 Å².